The van der Waals surface area contributed by atoms with E-state index < -0.39 is 21.4 Å². The molecule has 1 aliphatic heterocycles. The van der Waals surface area contributed by atoms with Gasteiger partial charge in [0.05, 0.1) is 11.9 Å². The Bertz CT molecular complexity index is 1280. The van der Waals surface area contributed by atoms with Crippen molar-refractivity contribution in [2.24, 2.45) is 0 Å². The number of halogens is 2. The SMILES string of the molecule is CN1CCCCNc2cc(F)ccc2-c2nc(ncc2F)Nc2cc(CS(C)(=N)=O)cc1c2. The van der Waals surface area contributed by atoms with Gasteiger partial charge in [-0.3, -0.25) is 4.78 Å². The molecule has 0 fully saturated rings. The van der Waals surface area contributed by atoms with E-state index in [9.17, 15) is 13.0 Å². The number of anilines is 4. The first-order chi connectivity index (χ1) is 15.7. The lowest BCUT2D eigenvalue weighted by Crippen LogP contribution is -2.19. The molecule has 1 aliphatic rings. The molecule has 1 unspecified atom stereocenters. The Morgan fingerprint density at radius 1 is 1.18 bits per heavy atom. The van der Waals surface area contributed by atoms with Crippen LogP contribution in [0.1, 0.15) is 18.4 Å². The van der Waals surface area contributed by atoms with Crippen LogP contribution in [0.15, 0.2) is 42.6 Å². The summed E-state index contributed by atoms with van der Waals surface area (Å²) in [5.41, 5.74) is 3.26. The Labute approximate surface area is 192 Å². The molecule has 0 aliphatic carbocycles. The fraction of sp³-hybridized carbons (Fsp3) is 0.304. The quantitative estimate of drug-likeness (QED) is 0.487. The molecule has 0 radical (unpaired) electrons. The van der Waals surface area contributed by atoms with Crippen molar-refractivity contribution in [3.05, 3.63) is 59.8 Å². The average Bonchev–Trinajstić information content (AvgIpc) is 2.73. The monoisotopic (exact) mass is 472 g/mol. The summed E-state index contributed by atoms with van der Waals surface area (Å²) in [5, 5.41) is 6.31. The van der Waals surface area contributed by atoms with E-state index in [0.29, 0.717) is 23.5 Å². The Morgan fingerprint density at radius 3 is 2.79 bits per heavy atom. The van der Waals surface area contributed by atoms with Crippen LogP contribution in [0.2, 0.25) is 0 Å². The fourth-order valence-corrected chi connectivity index (χ4v) is 4.61. The molecule has 0 saturated heterocycles. The molecule has 2 heterocycles. The van der Waals surface area contributed by atoms with E-state index in [1.165, 1.54) is 24.5 Å². The maximum absolute atomic E-state index is 14.7. The summed E-state index contributed by atoms with van der Waals surface area (Å²) in [5.74, 6) is -0.752. The van der Waals surface area contributed by atoms with Crippen molar-refractivity contribution in [1.29, 1.82) is 4.78 Å². The summed E-state index contributed by atoms with van der Waals surface area (Å²) in [6.07, 6.45) is 4.17. The first-order valence-corrected chi connectivity index (χ1v) is 12.7. The van der Waals surface area contributed by atoms with Crippen LogP contribution >= 0.6 is 0 Å². The van der Waals surface area contributed by atoms with Crippen molar-refractivity contribution < 1.29 is 13.0 Å². The third kappa shape index (κ3) is 5.75. The lowest BCUT2D eigenvalue weighted by atomic mass is 10.1. The highest BCUT2D eigenvalue weighted by Gasteiger charge is 2.16. The number of aromatic nitrogens is 2. The van der Waals surface area contributed by atoms with Crippen molar-refractivity contribution >= 4 is 32.7 Å². The summed E-state index contributed by atoms with van der Waals surface area (Å²) in [6, 6.07) is 9.76. The first-order valence-electron chi connectivity index (χ1n) is 10.6. The maximum Gasteiger partial charge on any atom is 0.227 e. The molecule has 0 amide bonds. The molecule has 4 bridgehead atoms. The third-order valence-corrected chi connectivity index (χ3v) is 6.22. The van der Waals surface area contributed by atoms with Gasteiger partial charge in [0.25, 0.3) is 0 Å². The highest BCUT2D eigenvalue weighted by Crippen LogP contribution is 2.31. The second-order valence-corrected chi connectivity index (χ2v) is 10.6. The number of rotatable bonds is 2. The molecule has 0 spiro atoms. The Kier molecular flexibility index (Phi) is 6.46. The van der Waals surface area contributed by atoms with Gasteiger partial charge in [-0.25, -0.2) is 23.0 Å². The maximum atomic E-state index is 14.7. The first kappa shape index (κ1) is 22.9. The van der Waals surface area contributed by atoms with Gasteiger partial charge in [0.15, 0.2) is 5.82 Å². The van der Waals surface area contributed by atoms with Crippen LogP contribution in [0.3, 0.4) is 0 Å². The Hall–Kier alpha value is -3.27. The molecular formula is C23H26F2N6OS. The van der Waals surface area contributed by atoms with Gasteiger partial charge in [-0.1, -0.05) is 0 Å². The standard InChI is InChI=1S/C23H26F2N6OS/c1-31-8-4-3-7-27-21-11-16(24)5-6-19(21)22-20(25)13-28-23(30-22)29-17-9-15(10-18(31)12-17)14-33(2,26)32/h5-6,9-13,26-27H,3-4,7-8,14H2,1-2H3,(H,28,29,30). The molecular weight excluding hydrogens is 446 g/mol. The van der Waals surface area contributed by atoms with E-state index in [-0.39, 0.29) is 17.4 Å². The predicted molar refractivity (Wildman–Crippen MR) is 129 cm³/mol. The number of benzene rings is 2. The third-order valence-electron chi connectivity index (χ3n) is 5.33. The molecule has 3 N–H and O–H groups in total. The van der Waals surface area contributed by atoms with Gasteiger partial charge in [0.1, 0.15) is 11.5 Å². The summed E-state index contributed by atoms with van der Waals surface area (Å²) >= 11 is 0. The van der Waals surface area contributed by atoms with E-state index >= 15 is 0 Å². The highest BCUT2D eigenvalue weighted by molar-refractivity contribution is 7.90. The van der Waals surface area contributed by atoms with Gasteiger partial charge in [-0.05, 0) is 54.8 Å². The second-order valence-electron chi connectivity index (χ2n) is 8.30. The van der Waals surface area contributed by atoms with Crippen LogP contribution in [0.25, 0.3) is 11.3 Å². The predicted octanol–water partition coefficient (Wildman–Crippen LogP) is 4.98. The van der Waals surface area contributed by atoms with Gasteiger partial charge < -0.3 is 15.5 Å². The minimum atomic E-state index is -2.74. The Morgan fingerprint density at radius 2 is 2.00 bits per heavy atom. The van der Waals surface area contributed by atoms with Crippen LogP contribution in [0.4, 0.5) is 31.8 Å². The zero-order valence-corrected chi connectivity index (χ0v) is 19.3. The van der Waals surface area contributed by atoms with Crippen LogP contribution in [-0.2, 0) is 15.5 Å². The van der Waals surface area contributed by atoms with Crippen molar-refractivity contribution in [3.63, 3.8) is 0 Å². The van der Waals surface area contributed by atoms with E-state index in [2.05, 4.69) is 25.5 Å². The zero-order chi connectivity index (χ0) is 23.6. The van der Waals surface area contributed by atoms with Gasteiger partial charge in [0, 0.05) is 58.7 Å². The second kappa shape index (κ2) is 9.30. The fourth-order valence-electron chi connectivity index (χ4n) is 3.81. The highest BCUT2D eigenvalue weighted by atomic mass is 32.2. The smallest absolute Gasteiger partial charge is 0.227 e. The molecule has 2 aromatic carbocycles. The van der Waals surface area contributed by atoms with Gasteiger partial charge in [0.2, 0.25) is 5.95 Å². The number of nitrogens with one attached hydrogen (secondary N) is 3. The Balaban J connectivity index is 1.81. The summed E-state index contributed by atoms with van der Waals surface area (Å²) in [6.45, 7) is 1.35. The molecule has 7 nitrogen and oxygen atoms in total. The van der Waals surface area contributed by atoms with Crippen molar-refractivity contribution in [2.75, 3.05) is 41.9 Å². The van der Waals surface area contributed by atoms with Gasteiger partial charge in [-0.15, -0.1) is 0 Å². The number of fused-ring (bicyclic) bond motifs is 6. The minimum absolute atomic E-state index is 0.0566. The molecule has 3 aromatic rings. The lowest BCUT2D eigenvalue weighted by Gasteiger charge is -2.21. The summed E-state index contributed by atoms with van der Waals surface area (Å²) in [4.78, 5) is 10.5. The van der Waals surface area contributed by atoms with E-state index in [4.69, 9.17) is 4.78 Å². The molecule has 33 heavy (non-hydrogen) atoms. The van der Waals surface area contributed by atoms with Crippen molar-refractivity contribution in [2.45, 2.75) is 18.6 Å². The van der Waals surface area contributed by atoms with Crippen LogP contribution in [-0.4, -0.2) is 40.6 Å². The minimum Gasteiger partial charge on any atom is -0.384 e. The van der Waals surface area contributed by atoms with E-state index in [0.717, 1.165) is 36.8 Å². The topological polar surface area (TPSA) is 94.0 Å². The normalized spacial score (nSPS) is 15.8. The van der Waals surface area contributed by atoms with Crippen LogP contribution in [0.5, 0.6) is 0 Å². The zero-order valence-electron chi connectivity index (χ0n) is 18.5. The van der Waals surface area contributed by atoms with Gasteiger partial charge >= 0.3 is 0 Å². The van der Waals surface area contributed by atoms with E-state index in [1.807, 2.05) is 19.2 Å². The van der Waals surface area contributed by atoms with Gasteiger partial charge in [-0.2, -0.15) is 0 Å². The molecule has 10 heteroatoms. The molecule has 1 atom stereocenters. The largest absolute Gasteiger partial charge is 0.384 e. The number of hydrogen-bond donors (Lipinski definition) is 3. The van der Waals surface area contributed by atoms with Crippen LogP contribution < -0.4 is 15.5 Å². The molecule has 4 rings (SSSR count). The molecule has 1 aromatic heterocycles. The number of hydrogen-bond acceptors (Lipinski definition) is 7. The number of nitrogens with zero attached hydrogens (tertiary/aromatic N) is 3. The lowest BCUT2D eigenvalue weighted by molar-refractivity contribution is 0.617. The van der Waals surface area contributed by atoms with Crippen molar-refractivity contribution in [1.82, 2.24) is 9.97 Å². The average molecular weight is 473 g/mol. The molecule has 174 valence electrons. The molecule has 0 saturated carbocycles. The van der Waals surface area contributed by atoms with Crippen LogP contribution in [0, 0.1) is 16.4 Å². The van der Waals surface area contributed by atoms with Crippen molar-refractivity contribution in [3.8, 4) is 11.3 Å². The summed E-state index contributed by atoms with van der Waals surface area (Å²) < 4.78 is 48.6. The summed E-state index contributed by atoms with van der Waals surface area (Å²) in [7, 11) is -0.773. The van der Waals surface area contributed by atoms with E-state index in [1.54, 1.807) is 6.07 Å².